The lowest BCUT2D eigenvalue weighted by Gasteiger charge is -2.00. The summed E-state index contributed by atoms with van der Waals surface area (Å²) in [6, 6.07) is 1.79. The Hall–Kier alpha value is -0.670. The summed E-state index contributed by atoms with van der Waals surface area (Å²) < 4.78 is 0. The second kappa shape index (κ2) is 3.24. The molecule has 0 spiro atoms. The lowest BCUT2D eigenvalue weighted by atomic mass is 10.2. The Morgan fingerprint density at radius 2 is 2.38 bits per heavy atom. The van der Waals surface area contributed by atoms with E-state index in [1.807, 2.05) is 6.92 Å². The van der Waals surface area contributed by atoms with Crippen molar-refractivity contribution in [2.45, 2.75) is 19.3 Å². The van der Waals surface area contributed by atoms with Crippen LogP contribution in [-0.2, 0) is 0 Å². The fraction of sp³-hybridized carbons (Fsp3) is 0.556. The highest BCUT2D eigenvalue weighted by Gasteiger charge is 2.38. The third kappa shape index (κ3) is 1.81. The van der Waals surface area contributed by atoms with Crippen LogP contribution in [0.15, 0.2) is 6.07 Å². The number of hydrogen-bond donors (Lipinski definition) is 1. The van der Waals surface area contributed by atoms with Crippen molar-refractivity contribution < 1.29 is 5.11 Å². The molecule has 13 heavy (non-hydrogen) atoms. The smallest absolute Gasteiger partial charge is 0.133 e. The van der Waals surface area contributed by atoms with Gasteiger partial charge in [0.2, 0.25) is 0 Å². The van der Waals surface area contributed by atoms with Crippen molar-refractivity contribution in [1.29, 1.82) is 0 Å². The molecule has 1 heterocycles. The first-order valence-corrected chi connectivity index (χ1v) is 4.70. The van der Waals surface area contributed by atoms with Crippen LogP contribution in [0, 0.1) is 12.8 Å². The first-order valence-electron chi connectivity index (χ1n) is 4.32. The molecule has 1 aromatic rings. The van der Waals surface area contributed by atoms with Crippen LogP contribution in [0.25, 0.3) is 0 Å². The zero-order chi connectivity index (χ0) is 9.42. The Morgan fingerprint density at radius 1 is 1.62 bits per heavy atom. The standard InChI is InChI=1S/C9H11ClN2O/c1-5-11-8(3-9(10)12-5)7-2-6(7)4-13/h3,6-7,13H,2,4H2,1H3/t6-,7-/m0/s1. The molecule has 0 bridgehead atoms. The average Bonchev–Trinajstić information content (AvgIpc) is 2.80. The number of nitrogens with zero attached hydrogens (tertiary/aromatic N) is 2. The van der Waals surface area contributed by atoms with Crippen LogP contribution in [0.2, 0.25) is 5.15 Å². The molecule has 1 aromatic heterocycles. The molecule has 1 N–H and O–H groups in total. The van der Waals surface area contributed by atoms with Crippen LogP contribution in [0.5, 0.6) is 0 Å². The molecule has 0 saturated heterocycles. The van der Waals surface area contributed by atoms with E-state index in [0.717, 1.165) is 12.1 Å². The number of hydrogen-bond acceptors (Lipinski definition) is 3. The monoisotopic (exact) mass is 198 g/mol. The van der Waals surface area contributed by atoms with Gasteiger partial charge in [0, 0.05) is 18.2 Å². The normalized spacial score (nSPS) is 26.1. The van der Waals surface area contributed by atoms with Gasteiger partial charge in [0.25, 0.3) is 0 Å². The number of halogens is 1. The summed E-state index contributed by atoms with van der Waals surface area (Å²) in [5, 5.41) is 9.39. The highest BCUT2D eigenvalue weighted by atomic mass is 35.5. The second-order valence-electron chi connectivity index (χ2n) is 3.45. The highest BCUT2D eigenvalue weighted by Crippen LogP contribution is 2.46. The minimum Gasteiger partial charge on any atom is -0.396 e. The van der Waals surface area contributed by atoms with Gasteiger partial charge in [0.05, 0.1) is 0 Å². The topological polar surface area (TPSA) is 46.0 Å². The van der Waals surface area contributed by atoms with Crippen LogP contribution in [0.4, 0.5) is 0 Å². The van der Waals surface area contributed by atoms with Crippen molar-refractivity contribution in [1.82, 2.24) is 9.97 Å². The van der Waals surface area contributed by atoms with E-state index in [4.69, 9.17) is 16.7 Å². The van der Waals surface area contributed by atoms with Gasteiger partial charge in [-0.25, -0.2) is 9.97 Å². The molecule has 1 aliphatic rings. The summed E-state index contributed by atoms with van der Waals surface area (Å²) in [6.07, 6.45) is 1.02. The lowest BCUT2D eigenvalue weighted by molar-refractivity contribution is 0.273. The summed E-state index contributed by atoms with van der Waals surface area (Å²) in [6.45, 7) is 2.07. The Morgan fingerprint density at radius 3 is 2.92 bits per heavy atom. The summed E-state index contributed by atoms with van der Waals surface area (Å²) >= 11 is 5.80. The first kappa shape index (κ1) is 8.91. The predicted molar refractivity (Wildman–Crippen MR) is 49.7 cm³/mol. The van der Waals surface area contributed by atoms with Gasteiger partial charge in [0.15, 0.2) is 0 Å². The van der Waals surface area contributed by atoms with E-state index in [0.29, 0.717) is 22.8 Å². The third-order valence-corrected chi connectivity index (χ3v) is 2.56. The van der Waals surface area contributed by atoms with Crippen LogP contribution < -0.4 is 0 Å². The van der Waals surface area contributed by atoms with E-state index in [2.05, 4.69) is 9.97 Å². The maximum Gasteiger partial charge on any atom is 0.133 e. The molecular formula is C9H11ClN2O. The van der Waals surface area contributed by atoms with E-state index in [1.165, 1.54) is 0 Å². The van der Waals surface area contributed by atoms with Crippen molar-refractivity contribution in [2.75, 3.05) is 6.61 Å². The van der Waals surface area contributed by atoms with E-state index in [-0.39, 0.29) is 6.61 Å². The molecule has 0 aliphatic heterocycles. The summed E-state index contributed by atoms with van der Waals surface area (Å²) in [5.41, 5.74) is 0.969. The maximum absolute atomic E-state index is 8.90. The van der Waals surface area contributed by atoms with Gasteiger partial charge in [-0.05, 0) is 25.3 Å². The molecule has 0 unspecified atom stereocenters. The molecule has 0 aromatic carbocycles. The summed E-state index contributed by atoms with van der Waals surface area (Å²) in [7, 11) is 0. The fourth-order valence-electron chi connectivity index (χ4n) is 1.55. The summed E-state index contributed by atoms with van der Waals surface area (Å²) in [4.78, 5) is 8.27. The van der Waals surface area contributed by atoms with Crippen LogP contribution in [0.1, 0.15) is 23.9 Å². The van der Waals surface area contributed by atoms with E-state index >= 15 is 0 Å². The van der Waals surface area contributed by atoms with Crippen LogP contribution in [-0.4, -0.2) is 21.7 Å². The number of aliphatic hydroxyl groups is 1. The van der Waals surface area contributed by atoms with Crippen molar-refractivity contribution in [3.63, 3.8) is 0 Å². The zero-order valence-electron chi connectivity index (χ0n) is 7.37. The van der Waals surface area contributed by atoms with Gasteiger partial charge in [-0.15, -0.1) is 0 Å². The van der Waals surface area contributed by atoms with Gasteiger partial charge in [0.1, 0.15) is 11.0 Å². The van der Waals surface area contributed by atoms with Gasteiger partial charge in [-0.3, -0.25) is 0 Å². The fourth-order valence-corrected chi connectivity index (χ4v) is 1.79. The minimum absolute atomic E-state index is 0.241. The molecule has 1 saturated carbocycles. The Kier molecular flexibility index (Phi) is 2.22. The number of aliphatic hydroxyl groups excluding tert-OH is 1. The predicted octanol–water partition coefficient (Wildman–Crippen LogP) is 1.53. The molecule has 0 amide bonds. The molecular weight excluding hydrogens is 188 g/mol. The second-order valence-corrected chi connectivity index (χ2v) is 3.83. The van der Waals surface area contributed by atoms with Gasteiger partial charge in [-0.2, -0.15) is 0 Å². The first-order chi connectivity index (χ1) is 6.20. The number of aromatic nitrogens is 2. The average molecular weight is 199 g/mol. The van der Waals surface area contributed by atoms with Crippen molar-refractivity contribution in [3.05, 3.63) is 22.7 Å². The molecule has 1 aliphatic carbocycles. The van der Waals surface area contributed by atoms with Crippen molar-refractivity contribution in [2.24, 2.45) is 5.92 Å². The Balaban J connectivity index is 2.22. The van der Waals surface area contributed by atoms with Gasteiger partial charge >= 0.3 is 0 Å². The van der Waals surface area contributed by atoms with Crippen molar-refractivity contribution in [3.8, 4) is 0 Å². The molecule has 3 nitrogen and oxygen atoms in total. The number of rotatable bonds is 2. The highest BCUT2D eigenvalue weighted by molar-refractivity contribution is 6.29. The molecule has 0 radical (unpaired) electrons. The van der Waals surface area contributed by atoms with E-state index in [1.54, 1.807) is 6.07 Å². The maximum atomic E-state index is 8.90. The van der Waals surface area contributed by atoms with E-state index in [9.17, 15) is 0 Å². The lowest BCUT2D eigenvalue weighted by Crippen LogP contribution is -1.96. The Bertz CT molecular complexity index is 309. The third-order valence-electron chi connectivity index (χ3n) is 2.36. The zero-order valence-corrected chi connectivity index (χ0v) is 8.12. The Labute approximate surface area is 81.8 Å². The molecule has 70 valence electrons. The molecule has 4 heteroatoms. The molecule has 2 rings (SSSR count). The SMILES string of the molecule is Cc1nc(Cl)cc([C@H]2C[C@H]2CO)n1. The van der Waals surface area contributed by atoms with Crippen LogP contribution in [0.3, 0.4) is 0 Å². The molecule has 2 atom stereocenters. The quantitative estimate of drug-likeness (QED) is 0.734. The summed E-state index contributed by atoms with van der Waals surface area (Å²) in [5.74, 6) is 1.47. The van der Waals surface area contributed by atoms with E-state index < -0.39 is 0 Å². The van der Waals surface area contributed by atoms with Crippen LogP contribution >= 0.6 is 11.6 Å². The number of aryl methyl sites for hydroxylation is 1. The largest absolute Gasteiger partial charge is 0.396 e. The molecule has 1 fully saturated rings. The minimum atomic E-state index is 0.241. The van der Waals surface area contributed by atoms with Gasteiger partial charge in [-0.1, -0.05) is 11.6 Å². The van der Waals surface area contributed by atoms with Crippen molar-refractivity contribution >= 4 is 11.6 Å². The van der Waals surface area contributed by atoms with Gasteiger partial charge < -0.3 is 5.11 Å².